The van der Waals surface area contributed by atoms with Crippen molar-refractivity contribution in [2.75, 3.05) is 0 Å². The summed E-state index contributed by atoms with van der Waals surface area (Å²) in [6.45, 7) is 3.99. The van der Waals surface area contributed by atoms with Crippen LogP contribution in [0.1, 0.15) is 48.5 Å². The fourth-order valence-electron chi connectivity index (χ4n) is 2.83. The van der Waals surface area contributed by atoms with Gasteiger partial charge in [0.25, 0.3) is 0 Å². The molecule has 0 aliphatic heterocycles. The van der Waals surface area contributed by atoms with Crippen LogP contribution < -0.4 is 0 Å². The molecule has 0 spiro atoms. The van der Waals surface area contributed by atoms with Crippen LogP contribution in [0.4, 0.5) is 0 Å². The smallest absolute Gasteiger partial charge is 0.166 e. The van der Waals surface area contributed by atoms with Crippen LogP contribution in [0, 0.1) is 18.8 Å². The highest BCUT2D eigenvalue weighted by molar-refractivity contribution is 9.10. The van der Waals surface area contributed by atoms with Crippen molar-refractivity contribution in [3.63, 3.8) is 0 Å². The van der Waals surface area contributed by atoms with Crippen LogP contribution in [0.2, 0.25) is 0 Å². The van der Waals surface area contributed by atoms with Gasteiger partial charge in [0.1, 0.15) is 5.78 Å². The zero-order valence-corrected chi connectivity index (χ0v) is 13.0. The Morgan fingerprint density at radius 3 is 2.84 bits per heavy atom. The Balaban J connectivity index is 2.20. The van der Waals surface area contributed by atoms with Gasteiger partial charge in [-0.25, -0.2) is 0 Å². The molecule has 2 rings (SSSR count). The molecule has 2 nitrogen and oxygen atoms in total. The third kappa shape index (κ3) is 3.14. The van der Waals surface area contributed by atoms with Crippen molar-refractivity contribution in [3.8, 4) is 0 Å². The number of carbonyl (C=O) groups excluding carboxylic acids is 2. The molecule has 0 amide bonds. The Labute approximate surface area is 122 Å². The molecule has 1 aliphatic carbocycles. The molecular weight excluding hydrogens is 304 g/mol. The summed E-state index contributed by atoms with van der Waals surface area (Å²) >= 11 is 3.42. The maximum absolute atomic E-state index is 12.6. The van der Waals surface area contributed by atoms with Gasteiger partial charge in [0.05, 0.1) is 0 Å². The number of rotatable bonds is 3. The zero-order valence-electron chi connectivity index (χ0n) is 11.4. The fraction of sp³-hybridized carbons (Fsp3) is 0.500. The van der Waals surface area contributed by atoms with E-state index in [-0.39, 0.29) is 17.6 Å². The number of hydrogen-bond acceptors (Lipinski definition) is 2. The van der Waals surface area contributed by atoms with Gasteiger partial charge in [0, 0.05) is 28.3 Å². The summed E-state index contributed by atoms with van der Waals surface area (Å²) in [4.78, 5) is 24.3. The first-order chi connectivity index (χ1) is 9.02. The van der Waals surface area contributed by atoms with Gasteiger partial charge in [0.2, 0.25) is 0 Å². The molecule has 0 saturated heterocycles. The maximum atomic E-state index is 12.6. The van der Waals surface area contributed by atoms with E-state index in [1.54, 1.807) is 0 Å². The Hall–Kier alpha value is -0.960. The number of ketones is 2. The lowest BCUT2D eigenvalue weighted by molar-refractivity contribution is -0.125. The second-order valence-electron chi connectivity index (χ2n) is 5.37. The molecule has 1 aliphatic rings. The minimum absolute atomic E-state index is 0.00986. The van der Waals surface area contributed by atoms with Gasteiger partial charge in [-0.15, -0.1) is 0 Å². The van der Waals surface area contributed by atoms with E-state index < -0.39 is 0 Å². The van der Waals surface area contributed by atoms with E-state index in [4.69, 9.17) is 0 Å². The molecule has 1 fully saturated rings. The topological polar surface area (TPSA) is 34.1 Å². The van der Waals surface area contributed by atoms with E-state index in [2.05, 4.69) is 15.9 Å². The summed E-state index contributed by atoms with van der Waals surface area (Å²) in [5, 5.41) is 0. The molecule has 0 N–H and O–H groups in total. The van der Waals surface area contributed by atoms with Gasteiger partial charge in [-0.05, 0) is 43.9 Å². The Kier molecular flexibility index (Phi) is 4.56. The van der Waals surface area contributed by atoms with Gasteiger partial charge in [-0.3, -0.25) is 9.59 Å². The Morgan fingerprint density at radius 1 is 1.42 bits per heavy atom. The van der Waals surface area contributed by atoms with Crippen molar-refractivity contribution >= 4 is 27.5 Å². The van der Waals surface area contributed by atoms with Crippen LogP contribution in [0.15, 0.2) is 22.7 Å². The molecule has 0 aromatic heterocycles. The normalized spacial score (nSPS) is 23.4. The summed E-state index contributed by atoms with van der Waals surface area (Å²) in [5.41, 5.74) is 1.81. The van der Waals surface area contributed by atoms with Crippen molar-refractivity contribution in [2.24, 2.45) is 11.8 Å². The van der Waals surface area contributed by atoms with E-state index in [0.29, 0.717) is 18.6 Å². The number of benzene rings is 1. The first-order valence-corrected chi connectivity index (χ1v) is 7.65. The van der Waals surface area contributed by atoms with Gasteiger partial charge >= 0.3 is 0 Å². The molecule has 0 radical (unpaired) electrons. The molecular formula is C16H19BrO2. The van der Waals surface area contributed by atoms with Crippen molar-refractivity contribution < 1.29 is 9.59 Å². The minimum Gasteiger partial charge on any atom is -0.299 e. The van der Waals surface area contributed by atoms with Gasteiger partial charge in [0.15, 0.2) is 5.78 Å². The van der Waals surface area contributed by atoms with Crippen LogP contribution in [-0.2, 0) is 4.79 Å². The summed E-state index contributed by atoms with van der Waals surface area (Å²) in [7, 11) is 0. The number of halogens is 1. The molecule has 3 heteroatoms. The molecule has 0 heterocycles. The average molecular weight is 323 g/mol. The summed E-state index contributed by atoms with van der Waals surface area (Å²) in [6, 6.07) is 5.81. The van der Waals surface area contributed by atoms with E-state index in [1.165, 1.54) is 0 Å². The standard InChI is InChI=1S/C16H19BrO2/c1-3-11-8-12(5-7-15(11)18)16(19)14-9-13(17)6-4-10(14)2/h4,6,9,11-12H,3,5,7-8H2,1-2H3. The van der Waals surface area contributed by atoms with Crippen LogP contribution >= 0.6 is 15.9 Å². The molecule has 1 aromatic rings. The lowest BCUT2D eigenvalue weighted by atomic mass is 9.76. The molecule has 1 aromatic carbocycles. The van der Waals surface area contributed by atoms with Crippen molar-refractivity contribution in [3.05, 3.63) is 33.8 Å². The molecule has 2 atom stereocenters. The largest absolute Gasteiger partial charge is 0.299 e. The first kappa shape index (κ1) is 14.4. The van der Waals surface area contributed by atoms with E-state index in [1.807, 2.05) is 32.0 Å². The predicted molar refractivity (Wildman–Crippen MR) is 79.3 cm³/mol. The van der Waals surface area contributed by atoms with Gasteiger partial charge in [-0.2, -0.15) is 0 Å². The van der Waals surface area contributed by atoms with E-state index in [9.17, 15) is 9.59 Å². The monoisotopic (exact) mass is 322 g/mol. The molecule has 102 valence electrons. The maximum Gasteiger partial charge on any atom is 0.166 e. The van der Waals surface area contributed by atoms with E-state index >= 15 is 0 Å². The van der Waals surface area contributed by atoms with Crippen LogP contribution in [-0.4, -0.2) is 11.6 Å². The third-order valence-corrected chi connectivity index (χ3v) is 4.59. The first-order valence-electron chi connectivity index (χ1n) is 6.86. The van der Waals surface area contributed by atoms with Gasteiger partial charge < -0.3 is 0 Å². The molecule has 0 bridgehead atoms. The SMILES string of the molecule is CCC1CC(C(=O)c2cc(Br)ccc2C)CCC1=O. The summed E-state index contributed by atoms with van der Waals surface area (Å²) in [5.74, 6) is 0.619. The number of Topliss-reactive ketones (excluding diaryl/α,β-unsaturated/α-hetero) is 2. The Bertz CT molecular complexity index is 507. The highest BCUT2D eigenvalue weighted by Crippen LogP contribution is 2.32. The number of hydrogen-bond donors (Lipinski definition) is 0. The minimum atomic E-state index is 0.00986. The lowest BCUT2D eigenvalue weighted by Gasteiger charge is -2.26. The quantitative estimate of drug-likeness (QED) is 0.776. The molecule has 19 heavy (non-hydrogen) atoms. The predicted octanol–water partition coefficient (Wildman–Crippen LogP) is 4.34. The summed E-state index contributed by atoms with van der Waals surface area (Å²) in [6.07, 6.45) is 2.84. The van der Waals surface area contributed by atoms with Crippen molar-refractivity contribution in [1.82, 2.24) is 0 Å². The molecule has 1 saturated carbocycles. The summed E-state index contributed by atoms with van der Waals surface area (Å²) < 4.78 is 0.931. The van der Waals surface area contributed by atoms with Crippen molar-refractivity contribution in [1.29, 1.82) is 0 Å². The third-order valence-electron chi connectivity index (χ3n) is 4.09. The van der Waals surface area contributed by atoms with E-state index in [0.717, 1.165) is 28.4 Å². The van der Waals surface area contributed by atoms with Gasteiger partial charge in [-0.1, -0.05) is 28.9 Å². The second-order valence-corrected chi connectivity index (χ2v) is 6.28. The average Bonchev–Trinajstić information content (AvgIpc) is 2.41. The van der Waals surface area contributed by atoms with Crippen LogP contribution in [0.25, 0.3) is 0 Å². The lowest BCUT2D eigenvalue weighted by Crippen LogP contribution is -2.29. The Morgan fingerprint density at radius 2 is 2.16 bits per heavy atom. The number of carbonyl (C=O) groups is 2. The highest BCUT2D eigenvalue weighted by Gasteiger charge is 2.32. The fourth-order valence-corrected chi connectivity index (χ4v) is 3.19. The van der Waals surface area contributed by atoms with Crippen LogP contribution in [0.5, 0.6) is 0 Å². The van der Waals surface area contributed by atoms with Crippen molar-refractivity contribution in [2.45, 2.75) is 39.5 Å². The second kappa shape index (κ2) is 6.00. The number of aryl methyl sites for hydroxylation is 1. The van der Waals surface area contributed by atoms with Crippen LogP contribution in [0.3, 0.4) is 0 Å². The zero-order chi connectivity index (χ0) is 14.0. The highest BCUT2D eigenvalue weighted by atomic mass is 79.9. The molecule has 2 unspecified atom stereocenters.